The maximum atomic E-state index is 6.26. The topological polar surface area (TPSA) is 20.0 Å². The van der Waals surface area contributed by atoms with Crippen molar-refractivity contribution < 1.29 is 4.90 Å². The van der Waals surface area contributed by atoms with E-state index in [0.717, 1.165) is 43.3 Å². The molecule has 120 valence electrons. The van der Waals surface area contributed by atoms with Crippen LogP contribution in [0.1, 0.15) is 16.7 Å². The molecule has 1 aliphatic rings. The van der Waals surface area contributed by atoms with Gasteiger partial charge in [-0.15, -0.1) is 0 Å². The Labute approximate surface area is 143 Å². The molecule has 2 aromatic rings. The Morgan fingerprint density at radius 3 is 2.65 bits per heavy atom. The summed E-state index contributed by atoms with van der Waals surface area (Å²) in [6, 6.07) is 16.6. The number of hydrogen-bond acceptors (Lipinski definition) is 2. The van der Waals surface area contributed by atoms with Crippen LogP contribution in [-0.2, 0) is 6.54 Å². The maximum absolute atomic E-state index is 6.26. The molecule has 0 unspecified atom stereocenters. The van der Waals surface area contributed by atoms with Crippen LogP contribution < -0.4 is 4.90 Å². The molecule has 4 heteroatoms. The first-order chi connectivity index (χ1) is 11.2. The molecule has 0 aromatic heterocycles. The highest BCUT2D eigenvalue weighted by Crippen LogP contribution is 2.13. The van der Waals surface area contributed by atoms with Gasteiger partial charge in [-0.2, -0.15) is 5.10 Å². The highest BCUT2D eigenvalue weighted by Gasteiger charge is 2.19. The highest BCUT2D eigenvalue weighted by atomic mass is 35.5. The molecule has 2 aromatic carbocycles. The SMILES string of the molecule is Cc1cccc(/C=N\N2CC[NH+](Cc3ccccc3Cl)CC2)c1. The highest BCUT2D eigenvalue weighted by molar-refractivity contribution is 6.31. The van der Waals surface area contributed by atoms with Crippen molar-refractivity contribution >= 4 is 17.8 Å². The summed E-state index contributed by atoms with van der Waals surface area (Å²) in [7, 11) is 0. The first-order valence-electron chi connectivity index (χ1n) is 8.13. The average Bonchev–Trinajstić information content (AvgIpc) is 2.56. The Morgan fingerprint density at radius 1 is 1.13 bits per heavy atom. The molecule has 0 saturated carbocycles. The van der Waals surface area contributed by atoms with E-state index in [1.807, 2.05) is 18.3 Å². The van der Waals surface area contributed by atoms with Gasteiger partial charge in [0, 0.05) is 10.6 Å². The minimum atomic E-state index is 0.875. The Bertz CT molecular complexity index is 676. The molecule has 1 fully saturated rings. The van der Waals surface area contributed by atoms with Crippen LogP contribution in [0.15, 0.2) is 53.6 Å². The number of hydrogen-bond donors (Lipinski definition) is 1. The molecule has 1 heterocycles. The van der Waals surface area contributed by atoms with Crippen molar-refractivity contribution in [2.45, 2.75) is 13.5 Å². The molecule has 1 N–H and O–H groups in total. The van der Waals surface area contributed by atoms with Crippen LogP contribution in [0.2, 0.25) is 5.02 Å². The molecular weight excluding hydrogens is 306 g/mol. The molecule has 0 radical (unpaired) electrons. The summed E-state index contributed by atoms with van der Waals surface area (Å²) in [6.45, 7) is 7.26. The van der Waals surface area contributed by atoms with E-state index >= 15 is 0 Å². The van der Waals surface area contributed by atoms with Gasteiger partial charge < -0.3 is 4.90 Å². The third-order valence-corrected chi connectivity index (χ3v) is 4.63. The van der Waals surface area contributed by atoms with E-state index in [0.29, 0.717) is 0 Å². The first-order valence-corrected chi connectivity index (χ1v) is 8.51. The van der Waals surface area contributed by atoms with Crippen LogP contribution in [0, 0.1) is 6.92 Å². The summed E-state index contributed by atoms with van der Waals surface area (Å²) in [4.78, 5) is 1.57. The maximum Gasteiger partial charge on any atom is 0.104 e. The molecule has 1 aliphatic heterocycles. The normalized spacial score (nSPS) is 16.2. The van der Waals surface area contributed by atoms with E-state index in [9.17, 15) is 0 Å². The smallest absolute Gasteiger partial charge is 0.104 e. The van der Waals surface area contributed by atoms with E-state index in [4.69, 9.17) is 11.6 Å². The van der Waals surface area contributed by atoms with E-state index in [2.05, 4.69) is 53.4 Å². The van der Waals surface area contributed by atoms with Crippen molar-refractivity contribution in [3.8, 4) is 0 Å². The number of piperazine rings is 1. The van der Waals surface area contributed by atoms with Crippen LogP contribution in [0.5, 0.6) is 0 Å². The van der Waals surface area contributed by atoms with Crippen LogP contribution >= 0.6 is 11.6 Å². The minimum absolute atomic E-state index is 0.875. The number of hydrazone groups is 1. The Hall–Kier alpha value is -1.84. The van der Waals surface area contributed by atoms with Gasteiger partial charge in [0.25, 0.3) is 0 Å². The molecule has 0 aliphatic carbocycles. The zero-order valence-electron chi connectivity index (χ0n) is 13.5. The second-order valence-corrected chi connectivity index (χ2v) is 6.54. The number of nitrogens with one attached hydrogen (secondary N) is 1. The van der Waals surface area contributed by atoms with Gasteiger partial charge in [0.15, 0.2) is 0 Å². The van der Waals surface area contributed by atoms with Crippen molar-refractivity contribution in [3.05, 3.63) is 70.2 Å². The summed E-state index contributed by atoms with van der Waals surface area (Å²) >= 11 is 6.26. The van der Waals surface area contributed by atoms with Gasteiger partial charge in [-0.25, -0.2) is 0 Å². The fourth-order valence-electron chi connectivity index (χ4n) is 2.91. The van der Waals surface area contributed by atoms with Crippen molar-refractivity contribution in [1.82, 2.24) is 5.01 Å². The van der Waals surface area contributed by atoms with E-state index in [-0.39, 0.29) is 0 Å². The summed E-state index contributed by atoms with van der Waals surface area (Å²) in [6.07, 6.45) is 1.96. The van der Waals surface area contributed by atoms with Crippen LogP contribution in [0.4, 0.5) is 0 Å². The third-order valence-electron chi connectivity index (χ3n) is 4.26. The van der Waals surface area contributed by atoms with E-state index in [1.165, 1.54) is 11.1 Å². The number of benzene rings is 2. The summed E-state index contributed by atoms with van der Waals surface area (Å²) in [5.41, 5.74) is 3.67. The number of aryl methyl sites for hydroxylation is 1. The monoisotopic (exact) mass is 328 g/mol. The predicted octanol–water partition coefficient (Wildman–Crippen LogP) is 2.38. The van der Waals surface area contributed by atoms with Gasteiger partial charge in [-0.3, -0.25) is 5.01 Å². The van der Waals surface area contributed by atoms with Gasteiger partial charge in [0.2, 0.25) is 0 Å². The van der Waals surface area contributed by atoms with Gasteiger partial charge in [-0.1, -0.05) is 59.6 Å². The summed E-state index contributed by atoms with van der Waals surface area (Å²) in [5, 5.41) is 7.66. The van der Waals surface area contributed by atoms with Gasteiger partial charge in [-0.05, 0) is 18.6 Å². The summed E-state index contributed by atoms with van der Waals surface area (Å²) < 4.78 is 0. The zero-order chi connectivity index (χ0) is 16.1. The molecule has 3 rings (SSSR count). The standard InChI is InChI=1S/C19H22ClN3/c1-16-5-4-6-17(13-16)14-21-23-11-9-22(10-12-23)15-18-7-2-3-8-19(18)20/h2-8,13-14H,9-12,15H2,1H3/p+1/b21-14-. The van der Waals surface area contributed by atoms with Gasteiger partial charge in [0.05, 0.1) is 32.4 Å². The number of rotatable bonds is 4. The molecular formula is C19H23ClN3+. The van der Waals surface area contributed by atoms with Crippen LogP contribution in [-0.4, -0.2) is 37.4 Å². The minimum Gasteiger partial charge on any atom is -0.328 e. The Kier molecular flexibility index (Phi) is 5.31. The number of nitrogens with zero attached hydrogens (tertiary/aromatic N) is 2. The summed E-state index contributed by atoms with van der Waals surface area (Å²) in [5.74, 6) is 0. The predicted molar refractivity (Wildman–Crippen MR) is 96.2 cm³/mol. The lowest BCUT2D eigenvalue weighted by molar-refractivity contribution is -0.918. The Morgan fingerprint density at radius 2 is 1.91 bits per heavy atom. The molecule has 0 amide bonds. The zero-order valence-corrected chi connectivity index (χ0v) is 14.3. The van der Waals surface area contributed by atoms with Crippen LogP contribution in [0.3, 0.4) is 0 Å². The lowest BCUT2D eigenvalue weighted by atomic mass is 10.2. The molecule has 0 bridgehead atoms. The average molecular weight is 329 g/mol. The van der Waals surface area contributed by atoms with Crippen molar-refractivity contribution in [3.63, 3.8) is 0 Å². The number of halogens is 1. The first kappa shape index (κ1) is 16.0. The molecule has 3 nitrogen and oxygen atoms in total. The molecule has 0 atom stereocenters. The molecule has 0 spiro atoms. The lowest BCUT2D eigenvalue weighted by Gasteiger charge is -2.30. The van der Waals surface area contributed by atoms with Gasteiger partial charge in [0.1, 0.15) is 6.54 Å². The van der Waals surface area contributed by atoms with Crippen LogP contribution in [0.25, 0.3) is 0 Å². The largest absolute Gasteiger partial charge is 0.328 e. The Balaban J connectivity index is 1.51. The van der Waals surface area contributed by atoms with E-state index in [1.54, 1.807) is 4.90 Å². The fourth-order valence-corrected chi connectivity index (χ4v) is 3.12. The second kappa shape index (κ2) is 7.62. The van der Waals surface area contributed by atoms with Crippen molar-refractivity contribution in [1.29, 1.82) is 0 Å². The fraction of sp³-hybridized carbons (Fsp3) is 0.316. The van der Waals surface area contributed by atoms with E-state index < -0.39 is 0 Å². The quantitative estimate of drug-likeness (QED) is 0.854. The van der Waals surface area contributed by atoms with Gasteiger partial charge >= 0.3 is 0 Å². The van der Waals surface area contributed by atoms with Crippen molar-refractivity contribution in [2.24, 2.45) is 5.10 Å². The molecule has 23 heavy (non-hydrogen) atoms. The van der Waals surface area contributed by atoms with Crippen molar-refractivity contribution in [2.75, 3.05) is 26.2 Å². The molecule has 1 saturated heterocycles. The number of quaternary nitrogens is 1. The second-order valence-electron chi connectivity index (χ2n) is 6.13. The third kappa shape index (κ3) is 4.57. The lowest BCUT2D eigenvalue weighted by Crippen LogP contribution is -3.13.